The minimum Gasteiger partial charge on any atom is -0.367 e. The van der Waals surface area contributed by atoms with Crippen molar-refractivity contribution < 1.29 is 9.53 Å². The molecule has 0 saturated carbocycles. The van der Waals surface area contributed by atoms with Crippen LogP contribution in [0.4, 0.5) is 0 Å². The number of amides is 1. The summed E-state index contributed by atoms with van der Waals surface area (Å²) in [4.78, 5) is 12.5. The standard InChI is InChI=1S/C19H24N4O2/c1-19(2,3)15-8-6-13(7-9-15)16(10-20)22-18(24)17(25-5)14-11-21-23(4)12-14/h6-9,11-12,16-17H,1-5H3,(H,22,24)/t16-,17-/m0/s1. The SMILES string of the molecule is CO[C@H](C(=O)N[C@@H](C#N)c1ccc(C(C)(C)C)cc1)c1cnn(C)c1. The third-order valence-corrected chi connectivity index (χ3v) is 4.03. The largest absolute Gasteiger partial charge is 0.367 e. The minimum atomic E-state index is -0.807. The van der Waals surface area contributed by atoms with Crippen LogP contribution in [0.1, 0.15) is 49.6 Å². The topological polar surface area (TPSA) is 79.9 Å². The first-order valence-corrected chi connectivity index (χ1v) is 8.08. The summed E-state index contributed by atoms with van der Waals surface area (Å²) in [7, 11) is 3.22. The van der Waals surface area contributed by atoms with Gasteiger partial charge in [-0.2, -0.15) is 10.4 Å². The Kier molecular flexibility index (Phi) is 5.60. The van der Waals surface area contributed by atoms with Gasteiger partial charge in [-0.1, -0.05) is 45.0 Å². The zero-order chi connectivity index (χ0) is 18.6. The Morgan fingerprint density at radius 3 is 2.36 bits per heavy atom. The second-order valence-corrected chi connectivity index (χ2v) is 7.01. The number of nitrogens with zero attached hydrogens (tertiary/aromatic N) is 3. The maximum absolute atomic E-state index is 12.5. The molecule has 0 aliphatic heterocycles. The summed E-state index contributed by atoms with van der Waals surface area (Å²) in [5, 5.41) is 16.3. The minimum absolute atomic E-state index is 0.0331. The van der Waals surface area contributed by atoms with Crippen LogP contribution < -0.4 is 5.32 Å². The molecule has 0 fully saturated rings. The molecule has 0 aliphatic carbocycles. The molecule has 0 bridgehead atoms. The second kappa shape index (κ2) is 7.49. The van der Waals surface area contributed by atoms with Crippen molar-refractivity contribution in [1.29, 1.82) is 5.26 Å². The Hall–Kier alpha value is -2.65. The van der Waals surface area contributed by atoms with Crippen molar-refractivity contribution in [2.24, 2.45) is 7.05 Å². The number of ether oxygens (including phenoxy) is 1. The Labute approximate surface area is 148 Å². The monoisotopic (exact) mass is 340 g/mol. The van der Waals surface area contributed by atoms with Gasteiger partial charge in [0.25, 0.3) is 5.91 Å². The van der Waals surface area contributed by atoms with Gasteiger partial charge < -0.3 is 10.1 Å². The second-order valence-electron chi connectivity index (χ2n) is 7.01. The Balaban J connectivity index is 2.15. The summed E-state index contributed by atoms with van der Waals surface area (Å²) in [6, 6.07) is 9.12. The lowest BCUT2D eigenvalue weighted by atomic mass is 9.86. The van der Waals surface area contributed by atoms with E-state index >= 15 is 0 Å². The molecule has 132 valence electrons. The molecule has 2 rings (SSSR count). The van der Waals surface area contributed by atoms with Gasteiger partial charge >= 0.3 is 0 Å². The number of rotatable bonds is 5. The van der Waals surface area contributed by atoms with E-state index in [2.05, 4.69) is 37.3 Å². The van der Waals surface area contributed by atoms with Gasteiger partial charge in [-0.15, -0.1) is 0 Å². The number of aromatic nitrogens is 2. The van der Waals surface area contributed by atoms with E-state index in [1.165, 1.54) is 12.7 Å². The molecule has 1 amide bonds. The molecular weight excluding hydrogens is 316 g/mol. The predicted octanol–water partition coefficient (Wildman–Crippen LogP) is 2.79. The van der Waals surface area contributed by atoms with Crippen LogP contribution in [0.2, 0.25) is 0 Å². The number of hydrogen-bond donors (Lipinski definition) is 1. The third-order valence-electron chi connectivity index (χ3n) is 4.03. The summed E-state index contributed by atoms with van der Waals surface area (Å²) < 4.78 is 6.88. The summed E-state index contributed by atoms with van der Waals surface area (Å²) >= 11 is 0. The molecule has 0 aliphatic rings. The zero-order valence-electron chi connectivity index (χ0n) is 15.3. The average Bonchev–Trinajstić information content (AvgIpc) is 2.98. The first-order chi connectivity index (χ1) is 11.8. The van der Waals surface area contributed by atoms with E-state index < -0.39 is 12.1 Å². The lowest BCUT2D eigenvalue weighted by molar-refractivity contribution is -0.131. The van der Waals surface area contributed by atoms with E-state index in [9.17, 15) is 10.1 Å². The van der Waals surface area contributed by atoms with E-state index in [0.29, 0.717) is 5.56 Å². The molecule has 2 aromatic rings. The van der Waals surface area contributed by atoms with E-state index in [1.807, 2.05) is 24.3 Å². The van der Waals surface area contributed by atoms with Gasteiger partial charge in [0, 0.05) is 25.9 Å². The first-order valence-electron chi connectivity index (χ1n) is 8.08. The highest BCUT2D eigenvalue weighted by molar-refractivity contribution is 5.82. The summed E-state index contributed by atoms with van der Waals surface area (Å²) in [6.45, 7) is 6.38. The molecular formula is C19H24N4O2. The van der Waals surface area contributed by atoms with Crippen molar-refractivity contribution >= 4 is 5.91 Å². The molecule has 1 aromatic carbocycles. The van der Waals surface area contributed by atoms with Crippen molar-refractivity contribution in [1.82, 2.24) is 15.1 Å². The van der Waals surface area contributed by atoms with Crippen LogP contribution in [0.3, 0.4) is 0 Å². The molecule has 2 atom stereocenters. The molecule has 1 heterocycles. The number of methoxy groups -OCH3 is 1. The molecule has 0 saturated heterocycles. The Morgan fingerprint density at radius 2 is 1.92 bits per heavy atom. The highest BCUT2D eigenvalue weighted by Crippen LogP contribution is 2.24. The van der Waals surface area contributed by atoms with Crippen LogP contribution in [-0.4, -0.2) is 22.8 Å². The van der Waals surface area contributed by atoms with Crippen molar-refractivity contribution in [3.8, 4) is 6.07 Å². The van der Waals surface area contributed by atoms with Crippen LogP contribution in [0.5, 0.6) is 0 Å². The van der Waals surface area contributed by atoms with Crippen molar-refractivity contribution in [2.75, 3.05) is 7.11 Å². The maximum atomic E-state index is 12.5. The van der Waals surface area contributed by atoms with Gasteiger partial charge in [-0.25, -0.2) is 0 Å². The quantitative estimate of drug-likeness (QED) is 0.907. The zero-order valence-corrected chi connectivity index (χ0v) is 15.3. The first kappa shape index (κ1) is 18.7. The fraction of sp³-hybridized carbons (Fsp3) is 0.421. The van der Waals surface area contributed by atoms with Crippen LogP contribution >= 0.6 is 0 Å². The third kappa shape index (κ3) is 4.46. The average molecular weight is 340 g/mol. The summed E-state index contributed by atoms with van der Waals surface area (Å²) in [5.41, 5.74) is 2.59. The van der Waals surface area contributed by atoms with Gasteiger partial charge in [-0.05, 0) is 16.5 Å². The maximum Gasteiger partial charge on any atom is 0.255 e. The number of hydrogen-bond acceptors (Lipinski definition) is 4. The molecule has 25 heavy (non-hydrogen) atoms. The molecule has 1 N–H and O–H groups in total. The lowest BCUT2D eigenvalue weighted by Crippen LogP contribution is -2.33. The van der Waals surface area contributed by atoms with Gasteiger partial charge in [0.1, 0.15) is 6.04 Å². The number of aryl methyl sites for hydroxylation is 1. The van der Waals surface area contributed by atoms with Gasteiger partial charge in [-0.3, -0.25) is 9.48 Å². The van der Waals surface area contributed by atoms with Gasteiger partial charge in [0.05, 0.1) is 12.3 Å². The molecule has 6 nitrogen and oxygen atoms in total. The molecule has 1 aromatic heterocycles. The molecule has 0 radical (unpaired) electrons. The van der Waals surface area contributed by atoms with E-state index in [4.69, 9.17) is 4.74 Å². The highest BCUT2D eigenvalue weighted by Gasteiger charge is 2.25. The Bertz CT molecular complexity index is 766. The van der Waals surface area contributed by atoms with Crippen molar-refractivity contribution in [2.45, 2.75) is 38.3 Å². The van der Waals surface area contributed by atoms with Gasteiger partial charge in [0.2, 0.25) is 0 Å². The number of carbonyl (C=O) groups is 1. The van der Waals surface area contributed by atoms with Crippen LogP contribution in [0.15, 0.2) is 36.7 Å². The number of benzene rings is 1. The normalized spacial score (nSPS) is 13.8. The Morgan fingerprint density at radius 1 is 1.28 bits per heavy atom. The van der Waals surface area contributed by atoms with Gasteiger partial charge in [0.15, 0.2) is 6.10 Å². The number of carbonyl (C=O) groups excluding carboxylic acids is 1. The molecule has 0 unspecified atom stereocenters. The smallest absolute Gasteiger partial charge is 0.255 e. The van der Waals surface area contributed by atoms with E-state index in [1.54, 1.807) is 24.1 Å². The summed E-state index contributed by atoms with van der Waals surface area (Å²) in [5.74, 6) is -0.373. The predicted molar refractivity (Wildman–Crippen MR) is 94.6 cm³/mol. The fourth-order valence-electron chi connectivity index (χ4n) is 2.55. The molecule has 6 heteroatoms. The fourth-order valence-corrected chi connectivity index (χ4v) is 2.55. The van der Waals surface area contributed by atoms with Crippen molar-refractivity contribution in [3.63, 3.8) is 0 Å². The van der Waals surface area contributed by atoms with Crippen molar-refractivity contribution in [3.05, 3.63) is 53.3 Å². The molecule has 0 spiro atoms. The highest BCUT2D eigenvalue weighted by atomic mass is 16.5. The van der Waals surface area contributed by atoms with Crippen LogP contribution in [-0.2, 0) is 22.0 Å². The lowest BCUT2D eigenvalue weighted by Gasteiger charge is -2.21. The van der Waals surface area contributed by atoms with Crippen LogP contribution in [0.25, 0.3) is 0 Å². The summed E-state index contributed by atoms with van der Waals surface area (Å²) in [6.07, 6.45) is 2.49. The van der Waals surface area contributed by atoms with E-state index in [0.717, 1.165) is 5.56 Å². The number of nitriles is 1. The van der Waals surface area contributed by atoms with Crippen LogP contribution in [0, 0.1) is 11.3 Å². The number of nitrogens with one attached hydrogen (secondary N) is 1. The van der Waals surface area contributed by atoms with E-state index in [-0.39, 0.29) is 11.3 Å².